The fraction of sp³-hybridized carbons (Fsp3) is 0.692. The lowest BCUT2D eigenvalue weighted by molar-refractivity contribution is -0.140. The summed E-state index contributed by atoms with van der Waals surface area (Å²) < 4.78 is 1.92. The molecule has 0 bridgehead atoms. The second-order valence-corrected chi connectivity index (χ2v) is 4.99. The molecule has 102 valence electrons. The molecule has 1 rings (SSSR count). The molecule has 0 radical (unpaired) electrons. The molecule has 5 heteroatoms. The summed E-state index contributed by atoms with van der Waals surface area (Å²) in [6.07, 6.45) is 2.97. The quantitative estimate of drug-likeness (QED) is 0.780. The van der Waals surface area contributed by atoms with Crippen LogP contribution in [0.1, 0.15) is 45.9 Å². The van der Waals surface area contributed by atoms with Crippen LogP contribution in [0.25, 0.3) is 0 Å². The van der Waals surface area contributed by atoms with E-state index in [9.17, 15) is 4.79 Å². The summed E-state index contributed by atoms with van der Waals surface area (Å²) in [6, 6.07) is 1.77. The highest BCUT2D eigenvalue weighted by molar-refractivity contribution is 5.73. The molecule has 0 aliphatic rings. The van der Waals surface area contributed by atoms with Gasteiger partial charge in [-0.2, -0.15) is 5.10 Å². The molecule has 5 nitrogen and oxygen atoms in total. The van der Waals surface area contributed by atoms with Gasteiger partial charge in [-0.25, -0.2) is 0 Å². The molecule has 0 spiro atoms. The van der Waals surface area contributed by atoms with Crippen LogP contribution in [0.4, 0.5) is 0 Å². The van der Waals surface area contributed by atoms with Crippen LogP contribution in [-0.2, 0) is 11.3 Å². The Morgan fingerprint density at radius 2 is 2.17 bits per heavy atom. The molecule has 1 aromatic heterocycles. The van der Waals surface area contributed by atoms with E-state index in [2.05, 4.69) is 24.3 Å². The number of rotatable bonds is 7. The first kappa shape index (κ1) is 14.7. The molecular weight excluding hydrogens is 230 g/mol. The van der Waals surface area contributed by atoms with E-state index >= 15 is 0 Å². The lowest BCUT2D eigenvalue weighted by Crippen LogP contribution is -2.40. The van der Waals surface area contributed by atoms with E-state index in [0.717, 1.165) is 12.1 Å². The maximum atomic E-state index is 11.0. The first-order valence-electron chi connectivity index (χ1n) is 6.45. The summed E-state index contributed by atoms with van der Waals surface area (Å²) in [4.78, 5) is 11.0. The van der Waals surface area contributed by atoms with Gasteiger partial charge in [-0.05, 0) is 25.3 Å². The third kappa shape index (κ3) is 3.84. The summed E-state index contributed by atoms with van der Waals surface area (Å²) in [5.74, 6) is -0.759. The number of aromatic nitrogens is 2. The Morgan fingerprint density at radius 3 is 2.67 bits per heavy atom. The molecule has 0 aliphatic carbocycles. The minimum Gasteiger partial charge on any atom is -0.480 e. The van der Waals surface area contributed by atoms with Crippen LogP contribution >= 0.6 is 0 Å². The van der Waals surface area contributed by atoms with Crippen LogP contribution in [-0.4, -0.2) is 26.9 Å². The maximum Gasteiger partial charge on any atom is 0.320 e. The summed E-state index contributed by atoms with van der Waals surface area (Å²) in [5, 5.41) is 16.5. The number of nitrogens with one attached hydrogen (secondary N) is 1. The molecule has 1 aromatic rings. The zero-order valence-electron chi connectivity index (χ0n) is 11.6. The number of carbonyl (C=O) groups is 1. The monoisotopic (exact) mass is 253 g/mol. The number of hydrogen-bond acceptors (Lipinski definition) is 3. The van der Waals surface area contributed by atoms with E-state index in [1.54, 1.807) is 0 Å². The van der Waals surface area contributed by atoms with Crippen molar-refractivity contribution < 1.29 is 9.90 Å². The lowest BCUT2D eigenvalue weighted by Gasteiger charge is -2.17. The van der Waals surface area contributed by atoms with Crippen LogP contribution in [0.15, 0.2) is 12.3 Å². The topological polar surface area (TPSA) is 67.2 Å². The summed E-state index contributed by atoms with van der Waals surface area (Å²) in [6.45, 7) is 8.49. The van der Waals surface area contributed by atoms with Crippen molar-refractivity contribution in [3.63, 3.8) is 0 Å². The maximum absolute atomic E-state index is 11.0. The van der Waals surface area contributed by atoms with Gasteiger partial charge in [0.05, 0.1) is 5.69 Å². The van der Waals surface area contributed by atoms with Gasteiger partial charge in [0.1, 0.15) is 6.04 Å². The lowest BCUT2D eigenvalue weighted by atomic mass is 10.0. The molecule has 2 N–H and O–H groups in total. The van der Waals surface area contributed by atoms with Crippen LogP contribution < -0.4 is 5.32 Å². The molecule has 18 heavy (non-hydrogen) atoms. The van der Waals surface area contributed by atoms with E-state index < -0.39 is 12.0 Å². The van der Waals surface area contributed by atoms with Crippen LogP contribution in [0.5, 0.6) is 0 Å². The zero-order valence-corrected chi connectivity index (χ0v) is 11.6. The smallest absolute Gasteiger partial charge is 0.320 e. The molecule has 1 heterocycles. The van der Waals surface area contributed by atoms with Crippen molar-refractivity contribution in [1.82, 2.24) is 15.1 Å². The van der Waals surface area contributed by atoms with Gasteiger partial charge in [0.15, 0.2) is 0 Å². The van der Waals surface area contributed by atoms with E-state index in [1.165, 1.54) is 0 Å². The van der Waals surface area contributed by atoms with Crippen molar-refractivity contribution in [2.24, 2.45) is 5.92 Å². The Bertz CT molecular complexity index is 387. The zero-order chi connectivity index (χ0) is 13.7. The minimum absolute atomic E-state index is 0.0548. The highest BCUT2D eigenvalue weighted by atomic mass is 16.4. The Morgan fingerprint density at radius 1 is 1.50 bits per heavy atom. The number of carboxylic acids is 1. The molecule has 0 fully saturated rings. The van der Waals surface area contributed by atoms with Gasteiger partial charge in [-0.1, -0.05) is 20.8 Å². The van der Waals surface area contributed by atoms with Gasteiger partial charge < -0.3 is 5.11 Å². The van der Waals surface area contributed by atoms with Crippen molar-refractivity contribution in [2.75, 3.05) is 0 Å². The highest BCUT2D eigenvalue weighted by Gasteiger charge is 2.20. The van der Waals surface area contributed by atoms with Crippen molar-refractivity contribution in [3.05, 3.63) is 18.0 Å². The second-order valence-electron chi connectivity index (χ2n) is 4.99. The number of nitrogens with zero attached hydrogens (tertiary/aromatic N) is 2. The van der Waals surface area contributed by atoms with Crippen molar-refractivity contribution in [1.29, 1.82) is 0 Å². The first-order valence-corrected chi connectivity index (χ1v) is 6.45. The third-order valence-electron chi connectivity index (χ3n) is 3.14. The fourth-order valence-corrected chi connectivity index (χ4v) is 1.73. The van der Waals surface area contributed by atoms with Gasteiger partial charge in [0.25, 0.3) is 0 Å². The first-order chi connectivity index (χ1) is 8.45. The van der Waals surface area contributed by atoms with Crippen molar-refractivity contribution in [2.45, 2.75) is 52.7 Å². The van der Waals surface area contributed by atoms with E-state index in [1.807, 2.05) is 30.8 Å². The summed E-state index contributed by atoms with van der Waals surface area (Å²) >= 11 is 0. The standard InChI is InChI=1S/C13H23N3O2/c1-5-10(4)16-7-6-11(15-16)8-14-12(9(2)3)13(17)18/h6-7,9-10,12,14H,5,8H2,1-4H3,(H,17,18). The number of carboxylic acid groups (broad SMARTS) is 1. The summed E-state index contributed by atoms with van der Waals surface area (Å²) in [7, 11) is 0. The van der Waals surface area contributed by atoms with E-state index in [0.29, 0.717) is 12.6 Å². The van der Waals surface area contributed by atoms with Crippen molar-refractivity contribution >= 4 is 5.97 Å². The molecular formula is C13H23N3O2. The average molecular weight is 253 g/mol. The molecule has 0 saturated heterocycles. The molecule has 0 saturated carbocycles. The van der Waals surface area contributed by atoms with Gasteiger partial charge in [0.2, 0.25) is 0 Å². The Labute approximate surface area is 108 Å². The van der Waals surface area contributed by atoms with Gasteiger partial charge in [0, 0.05) is 18.8 Å². The van der Waals surface area contributed by atoms with Crippen LogP contribution in [0.2, 0.25) is 0 Å². The Kier molecular flexibility index (Phi) is 5.34. The third-order valence-corrected chi connectivity index (χ3v) is 3.14. The van der Waals surface area contributed by atoms with Gasteiger partial charge in [-0.3, -0.25) is 14.8 Å². The molecule has 2 atom stereocenters. The van der Waals surface area contributed by atoms with E-state index in [4.69, 9.17) is 5.11 Å². The Balaban J connectivity index is 2.57. The van der Waals surface area contributed by atoms with Crippen molar-refractivity contribution in [3.8, 4) is 0 Å². The molecule has 0 amide bonds. The minimum atomic E-state index is -0.814. The summed E-state index contributed by atoms with van der Waals surface area (Å²) in [5.41, 5.74) is 0.877. The van der Waals surface area contributed by atoms with Gasteiger partial charge in [-0.15, -0.1) is 0 Å². The fourth-order valence-electron chi connectivity index (χ4n) is 1.73. The SMILES string of the molecule is CCC(C)n1ccc(CNC(C(=O)O)C(C)C)n1. The average Bonchev–Trinajstić information content (AvgIpc) is 2.76. The van der Waals surface area contributed by atoms with Crippen LogP contribution in [0.3, 0.4) is 0 Å². The Hall–Kier alpha value is -1.36. The predicted octanol–water partition coefficient (Wildman–Crippen LogP) is 2.05. The largest absolute Gasteiger partial charge is 0.480 e. The van der Waals surface area contributed by atoms with Crippen LogP contribution in [0, 0.1) is 5.92 Å². The highest BCUT2D eigenvalue weighted by Crippen LogP contribution is 2.09. The molecule has 0 aliphatic heterocycles. The normalized spacial score (nSPS) is 14.7. The van der Waals surface area contributed by atoms with Gasteiger partial charge >= 0.3 is 5.97 Å². The predicted molar refractivity (Wildman–Crippen MR) is 70.3 cm³/mol. The molecule has 2 unspecified atom stereocenters. The second kappa shape index (κ2) is 6.54. The molecule has 0 aromatic carbocycles. The van der Waals surface area contributed by atoms with E-state index in [-0.39, 0.29) is 5.92 Å². The number of aliphatic carboxylic acids is 1. The number of hydrogen-bond donors (Lipinski definition) is 2.